The van der Waals surface area contributed by atoms with Crippen LogP contribution in [0.1, 0.15) is 60.5 Å². The summed E-state index contributed by atoms with van der Waals surface area (Å²) in [6.45, 7) is 7.34. The van der Waals surface area contributed by atoms with E-state index in [0.29, 0.717) is 29.8 Å². The number of nitrogens with zero attached hydrogens (tertiary/aromatic N) is 3. The number of carbonyl (C=O) groups excluding carboxylic acids is 1. The van der Waals surface area contributed by atoms with Crippen LogP contribution in [0.2, 0.25) is 0 Å². The first-order valence-corrected chi connectivity index (χ1v) is 13.2. The van der Waals surface area contributed by atoms with Crippen molar-refractivity contribution in [2.45, 2.75) is 63.4 Å². The van der Waals surface area contributed by atoms with E-state index in [2.05, 4.69) is 29.0 Å². The molecule has 10 heteroatoms. The van der Waals surface area contributed by atoms with E-state index in [0.717, 1.165) is 50.9 Å². The summed E-state index contributed by atoms with van der Waals surface area (Å²) in [5, 5.41) is 3.48. The van der Waals surface area contributed by atoms with Crippen LogP contribution in [0, 0.1) is 0 Å². The largest absolute Gasteiger partial charge is 0.298 e. The van der Waals surface area contributed by atoms with E-state index < -0.39 is 10.0 Å². The van der Waals surface area contributed by atoms with Gasteiger partial charge in [0.15, 0.2) is 5.13 Å². The van der Waals surface area contributed by atoms with E-state index in [1.54, 1.807) is 16.4 Å². The van der Waals surface area contributed by atoms with Gasteiger partial charge >= 0.3 is 0 Å². The summed E-state index contributed by atoms with van der Waals surface area (Å²) in [6.07, 6.45) is 4.82. The van der Waals surface area contributed by atoms with E-state index in [1.807, 2.05) is 0 Å². The molecule has 0 spiro atoms. The number of fused-ring (bicyclic) bond motifs is 1. The fourth-order valence-electron chi connectivity index (χ4n) is 4.09. The van der Waals surface area contributed by atoms with Crippen molar-refractivity contribution in [2.75, 3.05) is 25.0 Å². The van der Waals surface area contributed by atoms with Crippen LogP contribution in [0.5, 0.6) is 0 Å². The molecule has 1 amide bonds. The molecule has 0 bridgehead atoms. The van der Waals surface area contributed by atoms with Crippen LogP contribution in [0.4, 0.5) is 5.13 Å². The Hall–Kier alpha value is -1.52. The number of thiazole rings is 1. The normalized spacial score (nSPS) is 18.0. The highest BCUT2D eigenvalue weighted by Gasteiger charge is 2.26. The molecular formula is C22H31ClN4O3S2. The van der Waals surface area contributed by atoms with Crippen molar-refractivity contribution in [3.8, 4) is 0 Å². The molecule has 0 radical (unpaired) electrons. The summed E-state index contributed by atoms with van der Waals surface area (Å²) in [6, 6.07) is 6.70. The number of nitrogens with one attached hydrogen (secondary N) is 1. The smallest absolute Gasteiger partial charge is 0.257 e. The number of amides is 1. The van der Waals surface area contributed by atoms with Gasteiger partial charge in [0.2, 0.25) is 10.0 Å². The first-order chi connectivity index (χ1) is 14.8. The Morgan fingerprint density at radius 3 is 2.34 bits per heavy atom. The molecule has 3 heterocycles. The van der Waals surface area contributed by atoms with Crippen LogP contribution in [0.3, 0.4) is 0 Å². The van der Waals surface area contributed by atoms with Crippen LogP contribution in [-0.2, 0) is 23.0 Å². The zero-order valence-corrected chi connectivity index (χ0v) is 21.0. The van der Waals surface area contributed by atoms with Gasteiger partial charge < -0.3 is 0 Å². The summed E-state index contributed by atoms with van der Waals surface area (Å²) in [5.41, 5.74) is 1.49. The maximum Gasteiger partial charge on any atom is 0.257 e. The maximum absolute atomic E-state index is 12.9. The second kappa shape index (κ2) is 10.6. The molecule has 1 N–H and O–H groups in total. The first kappa shape index (κ1) is 25.1. The van der Waals surface area contributed by atoms with Crippen LogP contribution >= 0.6 is 23.7 Å². The number of hydrogen-bond acceptors (Lipinski definition) is 6. The summed E-state index contributed by atoms with van der Waals surface area (Å²) in [7, 11) is -3.51. The molecule has 2 aliphatic rings. The Balaban J connectivity index is 0.00000289. The standard InChI is InChI=1S/C22H30N4O3S2.ClH/c1-16(2)25-14-11-19-20(15-25)30-22(23-19)24-21(27)17-7-9-18(10-8-17)31(28,29)26-12-5-3-4-6-13-26;/h7-10,16H,3-6,11-15H2,1-2H3,(H,23,24,27);1H. The number of hydrogen-bond donors (Lipinski definition) is 1. The first-order valence-electron chi connectivity index (χ1n) is 11.0. The molecule has 0 saturated carbocycles. The number of benzene rings is 1. The zero-order valence-electron chi connectivity index (χ0n) is 18.5. The van der Waals surface area contributed by atoms with Gasteiger partial charge in [-0.3, -0.25) is 15.0 Å². The van der Waals surface area contributed by atoms with Gasteiger partial charge in [-0.2, -0.15) is 4.31 Å². The van der Waals surface area contributed by atoms with E-state index in [1.165, 1.54) is 28.3 Å². The molecule has 176 valence electrons. The van der Waals surface area contributed by atoms with Crippen molar-refractivity contribution in [3.63, 3.8) is 0 Å². The van der Waals surface area contributed by atoms with Gasteiger partial charge in [0.05, 0.1) is 10.6 Å². The van der Waals surface area contributed by atoms with E-state index in [4.69, 9.17) is 0 Å². The molecule has 1 aromatic heterocycles. The van der Waals surface area contributed by atoms with Crippen LogP contribution in [0.25, 0.3) is 0 Å². The molecule has 0 aliphatic carbocycles. The lowest BCUT2D eigenvalue weighted by Crippen LogP contribution is -2.35. The fourth-order valence-corrected chi connectivity index (χ4v) is 6.63. The molecule has 7 nitrogen and oxygen atoms in total. The van der Waals surface area contributed by atoms with Crippen molar-refractivity contribution in [1.82, 2.24) is 14.2 Å². The highest BCUT2D eigenvalue weighted by atomic mass is 35.5. The van der Waals surface area contributed by atoms with E-state index in [-0.39, 0.29) is 23.2 Å². The van der Waals surface area contributed by atoms with Crippen LogP contribution in [-0.4, -0.2) is 54.2 Å². The lowest BCUT2D eigenvalue weighted by molar-refractivity contribution is 0.102. The lowest BCUT2D eigenvalue weighted by atomic mass is 10.1. The molecule has 1 aromatic carbocycles. The minimum atomic E-state index is -3.51. The quantitative estimate of drug-likeness (QED) is 0.669. The second-order valence-electron chi connectivity index (χ2n) is 8.50. The second-order valence-corrected chi connectivity index (χ2v) is 11.5. The van der Waals surface area contributed by atoms with E-state index in [9.17, 15) is 13.2 Å². The third-order valence-corrected chi connectivity index (χ3v) is 8.94. The van der Waals surface area contributed by atoms with Gasteiger partial charge in [-0.25, -0.2) is 13.4 Å². The predicted octanol–water partition coefficient (Wildman–Crippen LogP) is 4.15. The third kappa shape index (κ3) is 5.51. The maximum atomic E-state index is 12.9. The predicted molar refractivity (Wildman–Crippen MR) is 130 cm³/mol. The molecule has 1 fully saturated rings. The Kier molecular flexibility index (Phi) is 8.32. The highest BCUT2D eigenvalue weighted by molar-refractivity contribution is 7.89. The molecule has 0 atom stereocenters. The van der Waals surface area contributed by atoms with Crippen LogP contribution in [0.15, 0.2) is 29.2 Å². The topological polar surface area (TPSA) is 82.6 Å². The van der Waals surface area contributed by atoms with Gasteiger partial charge in [-0.05, 0) is 51.0 Å². The van der Waals surface area contributed by atoms with Crippen LogP contribution < -0.4 is 5.32 Å². The Morgan fingerprint density at radius 1 is 1.06 bits per heavy atom. The molecule has 2 aromatic rings. The summed E-state index contributed by atoms with van der Waals surface area (Å²) >= 11 is 1.52. The van der Waals surface area contributed by atoms with Gasteiger partial charge in [-0.1, -0.05) is 12.8 Å². The van der Waals surface area contributed by atoms with E-state index >= 15 is 0 Å². The summed E-state index contributed by atoms with van der Waals surface area (Å²) in [5.74, 6) is -0.273. The average Bonchev–Trinajstić information content (AvgIpc) is 2.95. The van der Waals surface area contributed by atoms with Gasteiger partial charge in [0, 0.05) is 49.1 Å². The number of rotatable bonds is 5. The number of aromatic nitrogens is 1. The number of sulfonamides is 1. The van der Waals surface area contributed by atoms with Crippen molar-refractivity contribution in [2.24, 2.45) is 0 Å². The van der Waals surface area contributed by atoms with Gasteiger partial charge in [0.1, 0.15) is 0 Å². The third-order valence-electron chi connectivity index (χ3n) is 6.03. The van der Waals surface area contributed by atoms with Crippen molar-refractivity contribution in [1.29, 1.82) is 0 Å². The van der Waals surface area contributed by atoms with Crippen molar-refractivity contribution < 1.29 is 13.2 Å². The minimum Gasteiger partial charge on any atom is -0.298 e. The SMILES string of the molecule is CC(C)N1CCc2nc(NC(=O)c3ccc(S(=O)(=O)N4CCCCCC4)cc3)sc2C1.Cl. The summed E-state index contributed by atoms with van der Waals surface area (Å²) < 4.78 is 27.4. The summed E-state index contributed by atoms with van der Waals surface area (Å²) in [4.78, 5) is 21.1. The number of anilines is 1. The highest BCUT2D eigenvalue weighted by Crippen LogP contribution is 2.29. The lowest BCUT2D eigenvalue weighted by Gasteiger charge is -2.29. The number of carbonyl (C=O) groups is 1. The monoisotopic (exact) mass is 498 g/mol. The average molecular weight is 499 g/mol. The molecular weight excluding hydrogens is 468 g/mol. The molecule has 0 unspecified atom stereocenters. The van der Waals surface area contributed by atoms with Gasteiger partial charge in [0.25, 0.3) is 5.91 Å². The fraction of sp³-hybridized carbons (Fsp3) is 0.545. The Labute approximate surface area is 200 Å². The molecule has 32 heavy (non-hydrogen) atoms. The number of halogens is 1. The van der Waals surface area contributed by atoms with Crippen molar-refractivity contribution >= 4 is 44.8 Å². The minimum absolute atomic E-state index is 0. The zero-order chi connectivity index (χ0) is 22.0. The Bertz CT molecular complexity index is 1030. The molecule has 4 rings (SSSR count). The molecule has 2 aliphatic heterocycles. The van der Waals surface area contributed by atoms with Crippen molar-refractivity contribution in [3.05, 3.63) is 40.4 Å². The Morgan fingerprint density at radius 2 is 1.72 bits per heavy atom. The van der Waals surface area contributed by atoms with Gasteiger partial charge in [-0.15, -0.1) is 23.7 Å². The molecule has 1 saturated heterocycles.